The summed E-state index contributed by atoms with van der Waals surface area (Å²) >= 11 is 5.93. The number of ether oxygens (including phenoxy) is 1. The fourth-order valence-electron chi connectivity index (χ4n) is 1.97. The van der Waals surface area contributed by atoms with Gasteiger partial charge in [0.25, 0.3) is 5.91 Å². The highest BCUT2D eigenvalue weighted by atomic mass is 35.5. The van der Waals surface area contributed by atoms with E-state index < -0.39 is 10.0 Å². The molecule has 0 atom stereocenters. The van der Waals surface area contributed by atoms with Crippen LogP contribution in [0.5, 0.6) is 5.75 Å². The summed E-state index contributed by atoms with van der Waals surface area (Å²) in [6.45, 7) is 1.68. The smallest absolute Gasteiger partial charge is 0.262 e. The Morgan fingerprint density at radius 1 is 1.16 bits per heavy atom. The minimum absolute atomic E-state index is 0.156. The fourth-order valence-corrected chi connectivity index (χ4v) is 2.99. The number of halogens is 1. The molecule has 0 heterocycles. The largest absolute Gasteiger partial charge is 0.484 e. The zero-order chi connectivity index (χ0) is 18.6. The Hall–Kier alpha value is -2.09. The summed E-state index contributed by atoms with van der Waals surface area (Å²) < 4.78 is 30.5. The van der Waals surface area contributed by atoms with Gasteiger partial charge in [-0.15, -0.1) is 0 Å². The first kappa shape index (κ1) is 19.2. The van der Waals surface area contributed by atoms with E-state index in [1.54, 1.807) is 18.2 Å². The van der Waals surface area contributed by atoms with Crippen LogP contribution < -0.4 is 10.1 Å². The number of nitrogens with zero attached hydrogens (tertiary/aromatic N) is 1. The van der Waals surface area contributed by atoms with Crippen molar-refractivity contribution >= 4 is 33.2 Å². The van der Waals surface area contributed by atoms with Crippen LogP contribution in [0.2, 0.25) is 5.02 Å². The normalized spacial score (nSPS) is 11.4. The van der Waals surface area contributed by atoms with Crippen LogP contribution in [-0.2, 0) is 14.8 Å². The standard InChI is InChI=1S/C17H19ClN2O4S/c1-12-10-14(6-9-16(12)18)24-11-17(21)19-13-4-7-15(8-5-13)25(22,23)20(2)3/h4-10H,11H2,1-3H3,(H,19,21). The number of aryl methyl sites for hydroxylation is 1. The molecule has 8 heteroatoms. The maximum atomic E-state index is 12.0. The summed E-state index contributed by atoms with van der Waals surface area (Å²) in [5, 5.41) is 3.28. The first-order valence-electron chi connectivity index (χ1n) is 7.41. The molecule has 0 radical (unpaired) electrons. The molecule has 0 aliphatic carbocycles. The van der Waals surface area contributed by atoms with Gasteiger partial charge < -0.3 is 10.1 Å². The molecular formula is C17H19ClN2O4S. The van der Waals surface area contributed by atoms with E-state index in [2.05, 4.69) is 5.32 Å². The van der Waals surface area contributed by atoms with Crippen molar-refractivity contribution in [3.05, 3.63) is 53.1 Å². The van der Waals surface area contributed by atoms with Gasteiger partial charge in [-0.2, -0.15) is 0 Å². The molecule has 0 fully saturated rings. The molecule has 0 aromatic heterocycles. The van der Waals surface area contributed by atoms with Crippen molar-refractivity contribution in [3.63, 3.8) is 0 Å². The summed E-state index contributed by atoms with van der Waals surface area (Å²) in [6, 6.07) is 11.1. The number of sulfonamides is 1. The van der Waals surface area contributed by atoms with Crippen molar-refractivity contribution in [1.29, 1.82) is 0 Å². The first-order chi connectivity index (χ1) is 11.7. The van der Waals surface area contributed by atoms with Gasteiger partial charge >= 0.3 is 0 Å². The number of rotatable bonds is 6. The van der Waals surface area contributed by atoms with E-state index in [1.165, 1.54) is 38.4 Å². The fraction of sp³-hybridized carbons (Fsp3) is 0.235. The number of hydrogen-bond donors (Lipinski definition) is 1. The summed E-state index contributed by atoms with van der Waals surface area (Å²) in [5.74, 6) is 0.195. The lowest BCUT2D eigenvalue weighted by atomic mass is 10.2. The minimum Gasteiger partial charge on any atom is -0.484 e. The van der Waals surface area contributed by atoms with Gasteiger partial charge in [0.2, 0.25) is 10.0 Å². The Bertz CT molecular complexity index is 865. The lowest BCUT2D eigenvalue weighted by Gasteiger charge is -2.12. The van der Waals surface area contributed by atoms with Crippen LogP contribution in [0.4, 0.5) is 5.69 Å². The van der Waals surface area contributed by atoms with Crippen LogP contribution in [0, 0.1) is 6.92 Å². The molecule has 0 bridgehead atoms. The average molecular weight is 383 g/mol. The molecule has 134 valence electrons. The number of hydrogen-bond acceptors (Lipinski definition) is 4. The molecular weight excluding hydrogens is 364 g/mol. The van der Waals surface area contributed by atoms with Crippen molar-refractivity contribution in [3.8, 4) is 5.75 Å². The van der Waals surface area contributed by atoms with Gasteiger partial charge in [0, 0.05) is 24.8 Å². The maximum Gasteiger partial charge on any atom is 0.262 e. The van der Waals surface area contributed by atoms with E-state index in [0.29, 0.717) is 16.5 Å². The molecule has 0 saturated carbocycles. The zero-order valence-electron chi connectivity index (χ0n) is 14.1. The molecule has 2 rings (SSSR count). The van der Waals surface area contributed by atoms with Crippen molar-refractivity contribution in [2.45, 2.75) is 11.8 Å². The van der Waals surface area contributed by atoms with Crippen molar-refractivity contribution < 1.29 is 17.9 Å². The highest BCUT2D eigenvalue weighted by Crippen LogP contribution is 2.21. The summed E-state index contributed by atoms with van der Waals surface area (Å²) in [4.78, 5) is 12.1. The lowest BCUT2D eigenvalue weighted by molar-refractivity contribution is -0.118. The van der Waals surface area contributed by atoms with Crippen LogP contribution in [0.1, 0.15) is 5.56 Å². The highest BCUT2D eigenvalue weighted by molar-refractivity contribution is 7.89. The van der Waals surface area contributed by atoms with E-state index in [1.807, 2.05) is 6.92 Å². The molecule has 2 aromatic rings. The molecule has 0 unspecified atom stereocenters. The third-order valence-electron chi connectivity index (χ3n) is 3.42. The monoisotopic (exact) mass is 382 g/mol. The molecule has 0 aliphatic heterocycles. The number of nitrogens with one attached hydrogen (secondary N) is 1. The molecule has 2 aromatic carbocycles. The van der Waals surface area contributed by atoms with Gasteiger partial charge in [-0.3, -0.25) is 4.79 Å². The Morgan fingerprint density at radius 3 is 2.36 bits per heavy atom. The average Bonchev–Trinajstić information content (AvgIpc) is 2.56. The summed E-state index contributed by atoms with van der Waals surface area (Å²) in [6.07, 6.45) is 0. The Morgan fingerprint density at radius 2 is 1.80 bits per heavy atom. The van der Waals surface area contributed by atoms with E-state index in [0.717, 1.165) is 9.87 Å². The molecule has 0 aliphatic rings. The third-order valence-corrected chi connectivity index (χ3v) is 5.67. The van der Waals surface area contributed by atoms with Crippen molar-refractivity contribution in [2.24, 2.45) is 0 Å². The van der Waals surface area contributed by atoms with Crippen LogP contribution >= 0.6 is 11.6 Å². The molecule has 1 N–H and O–H groups in total. The van der Waals surface area contributed by atoms with Gasteiger partial charge in [0.1, 0.15) is 5.75 Å². The zero-order valence-corrected chi connectivity index (χ0v) is 15.7. The lowest BCUT2D eigenvalue weighted by Crippen LogP contribution is -2.22. The predicted molar refractivity (Wildman–Crippen MR) is 97.6 cm³/mol. The maximum absolute atomic E-state index is 12.0. The van der Waals surface area contributed by atoms with E-state index >= 15 is 0 Å². The van der Waals surface area contributed by atoms with Crippen LogP contribution in [0.15, 0.2) is 47.4 Å². The van der Waals surface area contributed by atoms with Crippen molar-refractivity contribution in [1.82, 2.24) is 4.31 Å². The molecule has 25 heavy (non-hydrogen) atoms. The van der Waals surface area contributed by atoms with Gasteiger partial charge in [0.15, 0.2) is 6.61 Å². The van der Waals surface area contributed by atoms with Gasteiger partial charge in [-0.05, 0) is 55.0 Å². The Kier molecular flexibility index (Phi) is 6.05. The van der Waals surface area contributed by atoms with Crippen LogP contribution in [-0.4, -0.2) is 39.3 Å². The Labute approximate surface area is 152 Å². The third kappa shape index (κ3) is 4.94. The second kappa shape index (κ2) is 7.86. The Balaban J connectivity index is 1.95. The number of carbonyl (C=O) groups excluding carboxylic acids is 1. The van der Waals surface area contributed by atoms with Gasteiger partial charge in [0.05, 0.1) is 4.90 Å². The van der Waals surface area contributed by atoms with Crippen LogP contribution in [0.3, 0.4) is 0 Å². The van der Waals surface area contributed by atoms with Crippen LogP contribution in [0.25, 0.3) is 0 Å². The van der Waals surface area contributed by atoms with Gasteiger partial charge in [-0.1, -0.05) is 11.6 Å². The van der Waals surface area contributed by atoms with E-state index in [9.17, 15) is 13.2 Å². The topological polar surface area (TPSA) is 75.7 Å². The highest BCUT2D eigenvalue weighted by Gasteiger charge is 2.16. The van der Waals surface area contributed by atoms with E-state index in [4.69, 9.17) is 16.3 Å². The first-order valence-corrected chi connectivity index (χ1v) is 9.23. The van der Waals surface area contributed by atoms with Crippen molar-refractivity contribution in [2.75, 3.05) is 26.0 Å². The number of carbonyl (C=O) groups is 1. The molecule has 1 amide bonds. The minimum atomic E-state index is -3.49. The van der Waals surface area contributed by atoms with E-state index in [-0.39, 0.29) is 17.4 Å². The van der Waals surface area contributed by atoms with Gasteiger partial charge in [-0.25, -0.2) is 12.7 Å². The predicted octanol–water partition coefficient (Wildman–Crippen LogP) is 2.92. The second-order valence-electron chi connectivity index (χ2n) is 5.56. The summed E-state index contributed by atoms with van der Waals surface area (Å²) in [7, 11) is -0.573. The number of benzene rings is 2. The summed E-state index contributed by atoms with van der Waals surface area (Å²) in [5.41, 5.74) is 1.34. The molecule has 6 nitrogen and oxygen atoms in total. The number of amides is 1. The SMILES string of the molecule is Cc1cc(OCC(=O)Nc2ccc(S(=O)(=O)N(C)C)cc2)ccc1Cl. The number of anilines is 1. The molecule has 0 saturated heterocycles. The molecule has 0 spiro atoms. The quantitative estimate of drug-likeness (QED) is 0.833. The second-order valence-corrected chi connectivity index (χ2v) is 8.12.